The molecule has 0 radical (unpaired) electrons. The van der Waals surface area contributed by atoms with Crippen molar-refractivity contribution in [1.82, 2.24) is 9.97 Å². The molecule has 4 rings (SSSR count). The molecule has 1 aromatic heterocycles. The maximum absolute atomic E-state index is 15.0. The first-order valence-electron chi connectivity index (χ1n) is 11.8. The van der Waals surface area contributed by atoms with E-state index in [9.17, 15) is 21.6 Å². The smallest absolute Gasteiger partial charge is 0.178 e. The van der Waals surface area contributed by atoms with Crippen molar-refractivity contribution in [3.63, 3.8) is 0 Å². The average molecular weight is 520 g/mol. The number of halogens is 3. The summed E-state index contributed by atoms with van der Waals surface area (Å²) in [6.45, 7) is 5.03. The quantitative estimate of drug-likeness (QED) is 0.428. The lowest BCUT2D eigenvalue weighted by Crippen LogP contribution is -2.39. The molecule has 3 aromatic rings. The van der Waals surface area contributed by atoms with E-state index in [0.717, 1.165) is 18.9 Å². The summed E-state index contributed by atoms with van der Waals surface area (Å²) in [4.78, 5) is 10.4. The Morgan fingerprint density at radius 3 is 2.58 bits per heavy atom. The van der Waals surface area contributed by atoms with Gasteiger partial charge in [-0.15, -0.1) is 0 Å². The summed E-state index contributed by atoms with van der Waals surface area (Å²) in [6.07, 6.45) is 3.16. The molecular weight excluding hydrogens is 491 g/mol. The molecule has 0 aliphatic carbocycles. The van der Waals surface area contributed by atoms with Crippen molar-refractivity contribution in [1.29, 1.82) is 0 Å². The number of ether oxygens (including phenoxy) is 1. The molecule has 192 valence electrons. The Bertz CT molecular complexity index is 1380. The molecule has 0 spiro atoms. The van der Waals surface area contributed by atoms with Gasteiger partial charge in [0.25, 0.3) is 0 Å². The van der Waals surface area contributed by atoms with Crippen molar-refractivity contribution in [3.8, 4) is 17.0 Å². The van der Waals surface area contributed by atoms with Crippen LogP contribution in [0.2, 0.25) is 0 Å². The molecule has 0 saturated carbocycles. The maximum Gasteiger partial charge on any atom is 0.178 e. The third kappa shape index (κ3) is 5.80. The Hall–Kier alpha value is -3.14. The molecule has 1 atom stereocenters. The molecule has 2 heterocycles. The van der Waals surface area contributed by atoms with Gasteiger partial charge in [-0.3, -0.25) is 0 Å². The largest absolute Gasteiger partial charge is 0.486 e. The summed E-state index contributed by atoms with van der Waals surface area (Å²) in [6, 6.07) is 7.50. The van der Waals surface area contributed by atoms with E-state index >= 15 is 0 Å². The molecule has 2 aromatic carbocycles. The predicted molar refractivity (Wildman–Crippen MR) is 133 cm³/mol. The lowest BCUT2D eigenvalue weighted by molar-refractivity contribution is 0.285. The number of hydrogen-bond acceptors (Lipinski definition) is 6. The van der Waals surface area contributed by atoms with E-state index in [1.807, 2.05) is 18.7 Å². The molecule has 6 nitrogen and oxygen atoms in total. The zero-order valence-corrected chi connectivity index (χ0v) is 21.2. The van der Waals surface area contributed by atoms with Gasteiger partial charge in [-0.1, -0.05) is 19.1 Å². The standard InChI is InChI=1S/C26H28F3N3O3S/c1-4-16(2)32-8-9-35-26-21(28)13-19(14-23(26)32)25-22(29)15-30-24(31-25)12-17-5-6-18(20(27)11-17)7-10-36(3,33)34/h5-6,11,13-16H,4,7-10,12H2,1-3H3. The van der Waals surface area contributed by atoms with Gasteiger partial charge in [-0.05, 0) is 49.1 Å². The van der Waals surface area contributed by atoms with E-state index in [0.29, 0.717) is 30.0 Å². The van der Waals surface area contributed by atoms with Crippen molar-refractivity contribution < 1.29 is 26.3 Å². The van der Waals surface area contributed by atoms with Crippen LogP contribution in [0.1, 0.15) is 37.2 Å². The molecule has 1 aliphatic rings. The van der Waals surface area contributed by atoms with Crippen molar-refractivity contribution >= 4 is 15.5 Å². The fourth-order valence-electron chi connectivity index (χ4n) is 4.19. The summed E-state index contributed by atoms with van der Waals surface area (Å²) in [5.74, 6) is -1.59. The SMILES string of the molecule is CCC(C)N1CCOc2c(F)cc(-c3nc(Cc4ccc(CCS(C)(=O)=O)c(F)c4)ncc3F)cc21. The molecule has 0 N–H and O–H groups in total. The Morgan fingerprint density at radius 2 is 1.89 bits per heavy atom. The van der Waals surface area contributed by atoms with Crippen LogP contribution in [0.4, 0.5) is 18.9 Å². The molecular formula is C26H28F3N3O3S. The molecule has 0 fully saturated rings. The molecule has 1 unspecified atom stereocenters. The number of hydrogen-bond donors (Lipinski definition) is 0. The molecule has 0 saturated heterocycles. The third-order valence-electron chi connectivity index (χ3n) is 6.32. The van der Waals surface area contributed by atoms with Crippen LogP contribution in [-0.2, 0) is 22.7 Å². The van der Waals surface area contributed by atoms with Crippen LogP contribution in [0.3, 0.4) is 0 Å². The number of fused-ring (bicyclic) bond motifs is 1. The Morgan fingerprint density at radius 1 is 1.11 bits per heavy atom. The van der Waals surface area contributed by atoms with Crippen LogP contribution >= 0.6 is 0 Å². The maximum atomic E-state index is 15.0. The van der Waals surface area contributed by atoms with Gasteiger partial charge >= 0.3 is 0 Å². The van der Waals surface area contributed by atoms with Gasteiger partial charge in [0.2, 0.25) is 0 Å². The second-order valence-electron chi connectivity index (χ2n) is 9.07. The lowest BCUT2D eigenvalue weighted by Gasteiger charge is -2.36. The highest BCUT2D eigenvalue weighted by Crippen LogP contribution is 2.39. The number of rotatable bonds is 8. The van der Waals surface area contributed by atoms with E-state index in [1.165, 1.54) is 18.2 Å². The van der Waals surface area contributed by atoms with Gasteiger partial charge in [0.05, 0.1) is 24.2 Å². The van der Waals surface area contributed by atoms with Gasteiger partial charge in [0, 0.05) is 24.3 Å². The van der Waals surface area contributed by atoms with Crippen LogP contribution in [0.25, 0.3) is 11.3 Å². The first kappa shape index (κ1) is 25.9. The van der Waals surface area contributed by atoms with Gasteiger partial charge in [-0.2, -0.15) is 0 Å². The second kappa shape index (κ2) is 10.5. The van der Waals surface area contributed by atoms with Crippen molar-refractivity contribution in [2.45, 2.75) is 39.2 Å². The Kier molecular flexibility index (Phi) is 7.54. The Labute approximate surface area is 209 Å². The summed E-state index contributed by atoms with van der Waals surface area (Å²) in [7, 11) is -3.21. The number of aromatic nitrogens is 2. The summed E-state index contributed by atoms with van der Waals surface area (Å²) in [5, 5.41) is 0. The number of sulfone groups is 1. The number of anilines is 1. The fourth-order valence-corrected chi connectivity index (χ4v) is 4.78. The minimum atomic E-state index is -3.21. The zero-order chi connectivity index (χ0) is 26.0. The van der Waals surface area contributed by atoms with E-state index in [1.54, 1.807) is 12.1 Å². The van der Waals surface area contributed by atoms with Crippen LogP contribution < -0.4 is 9.64 Å². The summed E-state index contributed by atoms with van der Waals surface area (Å²) in [5.41, 5.74) is 1.59. The van der Waals surface area contributed by atoms with Crippen molar-refractivity contribution in [2.75, 3.05) is 30.1 Å². The van der Waals surface area contributed by atoms with Crippen LogP contribution in [-0.4, -0.2) is 49.6 Å². The molecule has 0 amide bonds. The summed E-state index contributed by atoms with van der Waals surface area (Å²) < 4.78 is 72.5. The van der Waals surface area contributed by atoms with E-state index < -0.39 is 27.3 Å². The van der Waals surface area contributed by atoms with Gasteiger partial charge in [0.15, 0.2) is 17.4 Å². The number of aryl methyl sites for hydroxylation is 1. The summed E-state index contributed by atoms with van der Waals surface area (Å²) >= 11 is 0. The zero-order valence-electron chi connectivity index (χ0n) is 20.4. The van der Waals surface area contributed by atoms with E-state index in [2.05, 4.69) is 9.97 Å². The monoisotopic (exact) mass is 519 g/mol. The topological polar surface area (TPSA) is 72.4 Å². The normalized spacial score (nSPS) is 14.3. The highest BCUT2D eigenvalue weighted by Gasteiger charge is 2.26. The minimum absolute atomic E-state index is 0.0541. The van der Waals surface area contributed by atoms with E-state index in [4.69, 9.17) is 4.74 Å². The van der Waals surface area contributed by atoms with Crippen LogP contribution in [0.15, 0.2) is 36.5 Å². The minimum Gasteiger partial charge on any atom is -0.486 e. The van der Waals surface area contributed by atoms with Crippen LogP contribution in [0, 0.1) is 17.5 Å². The molecule has 36 heavy (non-hydrogen) atoms. The Balaban J connectivity index is 1.63. The predicted octanol–water partition coefficient (Wildman–Crippen LogP) is 4.74. The molecule has 10 heteroatoms. The van der Waals surface area contributed by atoms with Crippen LogP contribution in [0.5, 0.6) is 5.75 Å². The molecule has 1 aliphatic heterocycles. The number of nitrogens with zero attached hydrogens (tertiary/aromatic N) is 3. The third-order valence-corrected chi connectivity index (χ3v) is 7.27. The van der Waals surface area contributed by atoms with Crippen molar-refractivity contribution in [2.24, 2.45) is 0 Å². The van der Waals surface area contributed by atoms with E-state index in [-0.39, 0.29) is 47.5 Å². The molecule has 0 bridgehead atoms. The highest BCUT2D eigenvalue weighted by atomic mass is 32.2. The highest BCUT2D eigenvalue weighted by molar-refractivity contribution is 7.90. The van der Waals surface area contributed by atoms with Gasteiger partial charge in [-0.25, -0.2) is 31.6 Å². The average Bonchev–Trinajstić information content (AvgIpc) is 2.83. The van der Waals surface area contributed by atoms with Gasteiger partial charge in [0.1, 0.15) is 33.8 Å². The first-order chi connectivity index (χ1) is 17.1. The van der Waals surface area contributed by atoms with Gasteiger partial charge < -0.3 is 9.64 Å². The second-order valence-corrected chi connectivity index (χ2v) is 11.3. The fraction of sp³-hybridized carbons (Fsp3) is 0.385. The lowest BCUT2D eigenvalue weighted by atomic mass is 10.0. The number of benzene rings is 2. The first-order valence-corrected chi connectivity index (χ1v) is 13.8. The van der Waals surface area contributed by atoms with Crippen molar-refractivity contribution in [3.05, 3.63) is 70.9 Å².